The van der Waals surface area contributed by atoms with Crippen LogP contribution < -0.4 is 9.47 Å². The van der Waals surface area contributed by atoms with Crippen LogP contribution in [0.2, 0.25) is 0 Å². The minimum Gasteiger partial charge on any atom is -0.497 e. The molecule has 2 heterocycles. The highest BCUT2D eigenvalue weighted by Crippen LogP contribution is 2.34. The number of methoxy groups -OCH3 is 1. The SMILES string of the molecule is CCC(=O)N(CC(=O)N1CCc2sccc2[C@@H]1COc1cccc(OC)c1)[C@H](C)CC. The first-order chi connectivity index (χ1) is 15.0. The van der Waals surface area contributed by atoms with Crippen LogP contribution in [0.3, 0.4) is 0 Å². The molecule has 2 atom stereocenters. The fourth-order valence-corrected chi connectivity index (χ4v) is 4.82. The zero-order valence-electron chi connectivity index (χ0n) is 18.8. The number of ether oxygens (including phenoxy) is 2. The molecule has 7 heteroatoms. The average molecular weight is 445 g/mol. The topological polar surface area (TPSA) is 59.1 Å². The Balaban J connectivity index is 1.78. The maximum Gasteiger partial charge on any atom is 0.242 e. The molecule has 31 heavy (non-hydrogen) atoms. The number of carbonyl (C=O) groups excluding carboxylic acids is 2. The summed E-state index contributed by atoms with van der Waals surface area (Å²) in [5, 5.41) is 2.07. The van der Waals surface area contributed by atoms with E-state index in [1.165, 1.54) is 4.88 Å². The van der Waals surface area contributed by atoms with E-state index >= 15 is 0 Å². The van der Waals surface area contributed by atoms with Crippen molar-refractivity contribution in [1.82, 2.24) is 9.80 Å². The summed E-state index contributed by atoms with van der Waals surface area (Å²) in [7, 11) is 1.62. The molecule has 0 N–H and O–H groups in total. The van der Waals surface area contributed by atoms with E-state index in [1.807, 2.05) is 49.9 Å². The van der Waals surface area contributed by atoms with Crippen LogP contribution in [0.15, 0.2) is 35.7 Å². The Kier molecular flexibility index (Phi) is 7.96. The molecular weight excluding hydrogens is 412 g/mol. The van der Waals surface area contributed by atoms with Crippen molar-refractivity contribution in [3.63, 3.8) is 0 Å². The van der Waals surface area contributed by atoms with Gasteiger partial charge in [-0.2, -0.15) is 0 Å². The summed E-state index contributed by atoms with van der Waals surface area (Å²) in [6.45, 7) is 6.97. The van der Waals surface area contributed by atoms with Crippen LogP contribution in [0.1, 0.15) is 50.1 Å². The summed E-state index contributed by atoms with van der Waals surface area (Å²) < 4.78 is 11.4. The third-order valence-corrected chi connectivity index (χ3v) is 6.91. The van der Waals surface area contributed by atoms with Crippen molar-refractivity contribution < 1.29 is 19.1 Å². The number of benzene rings is 1. The Hall–Kier alpha value is -2.54. The molecule has 168 valence electrons. The molecule has 6 nitrogen and oxygen atoms in total. The first-order valence-corrected chi connectivity index (χ1v) is 11.8. The molecule has 0 saturated carbocycles. The normalized spacial score (nSPS) is 16.4. The van der Waals surface area contributed by atoms with Gasteiger partial charge in [0.05, 0.1) is 13.2 Å². The van der Waals surface area contributed by atoms with E-state index in [-0.39, 0.29) is 30.4 Å². The van der Waals surface area contributed by atoms with Crippen LogP contribution >= 0.6 is 11.3 Å². The Morgan fingerprint density at radius 2 is 2.03 bits per heavy atom. The molecular formula is C24H32N2O4S. The van der Waals surface area contributed by atoms with Crippen molar-refractivity contribution in [3.05, 3.63) is 46.2 Å². The van der Waals surface area contributed by atoms with Gasteiger partial charge in [-0.3, -0.25) is 9.59 Å². The summed E-state index contributed by atoms with van der Waals surface area (Å²) in [6, 6.07) is 9.42. The number of hydrogen-bond acceptors (Lipinski definition) is 5. The van der Waals surface area contributed by atoms with Crippen LogP contribution in [0.4, 0.5) is 0 Å². The Bertz CT molecular complexity index is 897. The van der Waals surface area contributed by atoms with Gasteiger partial charge in [-0.15, -0.1) is 11.3 Å². The van der Waals surface area contributed by atoms with Crippen molar-refractivity contribution in [1.29, 1.82) is 0 Å². The van der Waals surface area contributed by atoms with Crippen LogP contribution in [-0.4, -0.2) is 54.5 Å². The second kappa shape index (κ2) is 10.7. The van der Waals surface area contributed by atoms with E-state index in [1.54, 1.807) is 23.3 Å². The molecule has 2 amide bonds. The third kappa shape index (κ3) is 5.39. The zero-order valence-corrected chi connectivity index (χ0v) is 19.6. The van der Waals surface area contributed by atoms with Gasteiger partial charge in [0.2, 0.25) is 11.8 Å². The first kappa shape index (κ1) is 23.1. The summed E-state index contributed by atoms with van der Waals surface area (Å²) in [5.41, 5.74) is 1.14. The quantitative estimate of drug-likeness (QED) is 0.579. The summed E-state index contributed by atoms with van der Waals surface area (Å²) >= 11 is 1.72. The zero-order chi connectivity index (χ0) is 22.4. The maximum absolute atomic E-state index is 13.4. The molecule has 0 fully saturated rings. The lowest BCUT2D eigenvalue weighted by molar-refractivity contribution is -0.144. The van der Waals surface area contributed by atoms with E-state index in [2.05, 4.69) is 11.4 Å². The Morgan fingerprint density at radius 3 is 2.74 bits per heavy atom. The molecule has 1 aliphatic heterocycles. The second-order valence-corrected chi connectivity index (χ2v) is 8.78. The predicted octanol–water partition coefficient (Wildman–Crippen LogP) is 4.30. The second-order valence-electron chi connectivity index (χ2n) is 7.77. The molecule has 0 radical (unpaired) electrons. The predicted molar refractivity (Wildman–Crippen MR) is 123 cm³/mol. The number of hydrogen-bond donors (Lipinski definition) is 0. The van der Waals surface area contributed by atoms with Crippen molar-refractivity contribution >= 4 is 23.2 Å². The fourth-order valence-electron chi connectivity index (χ4n) is 3.89. The van der Waals surface area contributed by atoms with Crippen LogP contribution in [0, 0.1) is 0 Å². The fraction of sp³-hybridized carbons (Fsp3) is 0.500. The largest absolute Gasteiger partial charge is 0.497 e. The highest BCUT2D eigenvalue weighted by molar-refractivity contribution is 7.10. The molecule has 3 rings (SSSR count). The number of carbonyl (C=O) groups is 2. The van der Waals surface area contributed by atoms with Gasteiger partial charge in [0.15, 0.2) is 0 Å². The molecule has 0 bridgehead atoms. The average Bonchev–Trinajstić information content (AvgIpc) is 3.29. The van der Waals surface area contributed by atoms with Crippen molar-refractivity contribution in [2.24, 2.45) is 0 Å². The molecule has 0 unspecified atom stereocenters. The highest BCUT2D eigenvalue weighted by Gasteiger charge is 2.34. The Labute approximate surface area is 188 Å². The van der Waals surface area contributed by atoms with Crippen molar-refractivity contribution in [2.45, 2.75) is 52.1 Å². The molecule has 0 spiro atoms. The molecule has 0 aliphatic carbocycles. The van der Waals surface area contributed by atoms with Crippen molar-refractivity contribution in [3.8, 4) is 11.5 Å². The third-order valence-electron chi connectivity index (χ3n) is 5.92. The summed E-state index contributed by atoms with van der Waals surface area (Å²) in [5.74, 6) is 1.42. The molecule has 1 aromatic heterocycles. The Morgan fingerprint density at radius 1 is 1.26 bits per heavy atom. The number of amides is 2. The molecule has 1 aromatic carbocycles. The van der Waals surface area contributed by atoms with Gasteiger partial charge >= 0.3 is 0 Å². The lowest BCUT2D eigenvalue weighted by Gasteiger charge is -2.38. The van der Waals surface area contributed by atoms with E-state index in [4.69, 9.17) is 9.47 Å². The summed E-state index contributed by atoms with van der Waals surface area (Å²) in [4.78, 5) is 30.7. The smallest absolute Gasteiger partial charge is 0.242 e. The van der Waals surface area contributed by atoms with Crippen LogP contribution in [-0.2, 0) is 16.0 Å². The minimum absolute atomic E-state index is 0.0140. The minimum atomic E-state index is -0.177. The molecule has 0 saturated heterocycles. The van der Waals surface area contributed by atoms with Gasteiger partial charge in [-0.05, 0) is 48.9 Å². The molecule has 2 aromatic rings. The summed E-state index contributed by atoms with van der Waals surface area (Å²) in [6.07, 6.45) is 2.05. The van der Waals surface area contributed by atoms with Gasteiger partial charge < -0.3 is 19.3 Å². The van der Waals surface area contributed by atoms with Gasteiger partial charge in [-0.1, -0.05) is 19.9 Å². The number of nitrogens with zero attached hydrogens (tertiary/aromatic N) is 2. The maximum atomic E-state index is 13.4. The van der Waals surface area contributed by atoms with Crippen LogP contribution in [0.25, 0.3) is 0 Å². The number of rotatable bonds is 9. The highest BCUT2D eigenvalue weighted by atomic mass is 32.1. The number of thiophene rings is 1. The van der Waals surface area contributed by atoms with Gasteiger partial charge in [0.1, 0.15) is 24.7 Å². The standard InChI is InChI=1S/C24H32N2O4S/c1-5-17(3)26(23(27)6-2)15-24(28)25-12-10-22-20(11-13-31-22)21(25)16-30-19-9-7-8-18(14-19)29-4/h7-9,11,13-14,17,21H,5-6,10,12,15-16H2,1-4H3/t17-,21+/m1/s1. The van der Waals surface area contributed by atoms with E-state index in [9.17, 15) is 9.59 Å². The lowest BCUT2D eigenvalue weighted by atomic mass is 10.00. The van der Waals surface area contributed by atoms with Crippen LogP contribution in [0.5, 0.6) is 11.5 Å². The van der Waals surface area contributed by atoms with Gasteiger partial charge in [-0.25, -0.2) is 0 Å². The monoisotopic (exact) mass is 444 g/mol. The van der Waals surface area contributed by atoms with E-state index in [0.29, 0.717) is 25.3 Å². The van der Waals surface area contributed by atoms with E-state index in [0.717, 1.165) is 24.2 Å². The van der Waals surface area contributed by atoms with E-state index < -0.39 is 0 Å². The van der Waals surface area contributed by atoms with Crippen molar-refractivity contribution in [2.75, 3.05) is 26.8 Å². The lowest BCUT2D eigenvalue weighted by Crippen LogP contribution is -2.49. The molecule has 1 aliphatic rings. The van der Waals surface area contributed by atoms with Gasteiger partial charge in [0.25, 0.3) is 0 Å². The first-order valence-electron chi connectivity index (χ1n) is 10.9. The van der Waals surface area contributed by atoms with Gasteiger partial charge in [0, 0.05) is 30.0 Å². The number of fused-ring (bicyclic) bond motifs is 1.